The lowest BCUT2D eigenvalue weighted by atomic mass is 9.82. The van der Waals surface area contributed by atoms with Gasteiger partial charge in [0.2, 0.25) is 5.91 Å². The van der Waals surface area contributed by atoms with Gasteiger partial charge in [-0.05, 0) is 56.0 Å². The molecular weight excluding hydrogens is 471 g/mol. The highest BCUT2D eigenvalue weighted by Gasteiger charge is 2.35. The van der Waals surface area contributed by atoms with Crippen LogP contribution in [0.15, 0.2) is 42.9 Å². The normalized spacial score (nSPS) is 21.2. The highest BCUT2D eigenvalue weighted by Crippen LogP contribution is 2.35. The first-order chi connectivity index (χ1) is 17.3. The van der Waals surface area contributed by atoms with Crippen molar-refractivity contribution in [2.24, 2.45) is 0 Å². The number of amides is 1. The van der Waals surface area contributed by atoms with Gasteiger partial charge in [0, 0.05) is 36.1 Å². The molecule has 2 aliphatic rings. The summed E-state index contributed by atoms with van der Waals surface area (Å²) >= 11 is 0. The molecule has 8 nitrogen and oxygen atoms in total. The Morgan fingerprint density at radius 3 is 2.53 bits per heavy atom. The number of pyridine rings is 1. The van der Waals surface area contributed by atoms with E-state index < -0.39 is 11.7 Å². The van der Waals surface area contributed by atoms with Gasteiger partial charge >= 0.3 is 6.18 Å². The molecule has 5 rings (SSSR count). The maximum atomic E-state index is 13.1. The van der Waals surface area contributed by atoms with Gasteiger partial charge in [-0.3, -0.25) is 14.7 Å². The van der Waals surface area contributed by atoms with E-state index in [4.69, 9.17) is 5.73 Å². The van der Waals surface area contributed by atoms with E-state index in [1.165, 1.54) is 12.4 Å². The summed E-state index contributed by atoms with van der Waals surface area (Å²) < 4.78 is 39.3. The number of likely N-dealkylation sites (tertiary alicyclic amines) is 1. The number of nitrogens with zero attached hydrogens (tertiary/aromatic N) is 4. The van der Waals surface area contributed by atoms with Gasteiger partial charge in [-0.25, -0.2) is 9.97 Å². The maximum Gasteiger partial charge on any atom is 0.416 e. The number of nitrogens with two attached hydrogens (primary N) is 1. The van der Waals surface area contributed by atoms with Crippen molar-refractivity contribution in [3.63, 3.8) is 0 Å². The van der Waals surface area contributed by atoms with Gasteiger partial charge in [0.15, 0.2) is 0 Å². The van der Waals surface area contributed by atoms with Crippen molar-refractivity contribution in [2.75, 3.05) is 30.7 Å². The molecule has 1 amide bonds. The maximum absolute atomic E-state index is 13.1. The third-order valence-electron chi connectivity index (χ3n) is 7.09. The van der Waals surface area contributed by atoms with Gasteiger partial charge in [0.05, 0.1) is 35.6 Å². The van der Waals surface area contributed by atoms with Crippen LogP contribution in [0, 0.1) is 0 Å². The zero-order valence-corrected chi connectivity index (χ0v) is 19.6. The molecule has 0 unspecified atom stereocenters. The molecule has 3 heterocycles. The van der Waals surface area contributed by atoms with E-state index in [2.05, 4.69) is 30.5 Å². The minimum atomic E-state index is -4.47. The van der Waals surface area contributed by atoms with Crippen molar-refractivity contribution >= 4 is 28.3 Å². The number of carbonyl (C=O) groups is 1. The van der Waals surface area contributed by atoms with Crippen molar-refractivity contribution in [1.82, 2.24) is 25.2 Å². The minimum Gasteiger partial charge on any atom is -0.397 e. The van der Waals surface area contributed by atoms with Crippen LogP contribution in [0.1, 0.15) is 42.9 Å². The predicted molar refractivity (Wildman–Crippen MR) is 130 cm³/mol. The Labute approximate surface area is 206 Å². The first-order valence-electron chi connectivity index (χ1n) is 12.1. The lowest BCUT2D eigenvalue weighted by Crippen LogP contribution is -2.63. The first-order valence-corrected chi connectivity index (χ1v) is 12.1. The Morgan fingerprint density at radius 1 is 1.06 bits per heavy atom. The zero-order chi connectivity index (χ0) is 25.3. The lowest BCUT2D eigenvalue weighted by Gasteiger charge is -2.46. The number of carbonyl (C=O) groups excluding carboxylic acids is 1. The predicted octanol–water partition coefficient (Wildman–Crippen LogP) is 3.56. The molecule has 3 aromatic rings. The van der Waals surface area contributed by atoms with E-state index >= 15 is 0 Å². The van der Waals surface area contributed by atoms with E-state index in [1.807, 2.05) is 12.1 Å². The topological polar surface area (TPSA) is 109 Å². The van der Waals surface area contributed by atoms with Gasteiger partial charge in [0.25, 0.3) is 0 Å². The average Bonchev–Trinajstić information content (AvgIpc) is 2.84. The first kappa shape index (κ1) is 24.2. The summed E-state index contributed by atoms with van der Waals surface area (Å²) in [7, 11) is 0. The van der Waals surface area contributed by atoms with Crippen LogP contribution in [0.2, 0.25) is 0 Å². The van der Waals surface area contributed by atoms with Crippen molar-refractivity contribution in [3.05, 3.63) is 54.1 Å². The van der Waals surface area contributed by atoms with Gasteiger partial charge in [-0.2, -0.15) is 13.2 Å². The Morgan fingerprint density at radius 2 is 1.83 bits per heavy atom. The Bertz CT molecular complexity index is 1220. The third-order valence-corrected chi connectivity index (χ3v) is 7.09. The molecule has 0 radical (unpaired) electrons. The zero-order valence-electron chi connectivity index (χ0n) is 19.6. The van der Waals surface area contributed by atoms with Crippen LogP contribution in [0.4, 0.5) is 24.7 Å². The third kappa shape index (κ3) is 5.35. The number of alkyl halides is 3. The highest BCUT2D eigenvalue weighted by molar-refractivity contribution is 5.91. The molecule has 2 fully saturated rings. The van der Waals surface area contributed by atoms with Gasteiger partial charge < -0.3 is 16.4 Å². The summed E-state index contributed by atoms with van der Waals surface area (Å²) in [5.41, 5.74) is 7.11. The molecule has 190 valence electrons. The van der Waals surface area contributed by atoms with Crippen LogP contribution in [0.25, 0.3) is 10.9 Å². The molecule has 1 saturated carbocycles. The number of nitrogen functional groups attached to an aromatic ring is 1. The number of nitrogens with one attached hydrogen (secondary N) is 2. The smallest absolute Gasteiger partial charge is 0.397 e. The molecule has 1 aromatic carbocycles. The largest absolute Gasteiger partial charge is 0.416 e. The summed E-state index contributed by atoms with van der Waals surface area (Å²) in [6, 6.07) is 7.77. The summed E-state index contributed by atoms with van der Waals surface area (Å²) in [6.07, 6.45) is 2.87. The fourth-order valence-electron chi connectivity index (χ4n) is 5.11. The minimum absolute atomic E-state index is 0.0646. The van der Waals surface area contributed by atoms with Gasteiger partial charge in [0.1, 0.15) is 12.1 Å². The molecule has 2 aromatic heterocycles. The number of rotatable bonds is 6. The Balaban J connectivity index is 1.08. The lowest BCUT2D eigenvalue weighted by molar-refractivity contribution is -0.137. The average molecular weight is 500 g/mol. The van der Waals surface area contributed by atoms with Crippen molar-refractivity contribution in [3.8, 4) is 0 Å². The number of benzene rings is 1. The second-order valence-corrected chi connectivity index (χ2v) is 9.55. The molecule has 1 aliphatic heterocycles. The number of aromatic nitrogens is 3. The number of hydrogen-bond donors (Lipinski definition) is 3. The number of hydrogen-bond acceptors (Lipinski definition) is 7. The van der Waals surface area contributed by atoms with Crippen LogP contribution < -0.4 is 16.4 Å². The van der Waals surface area contributed by atoms with Crippen molar-refractivity contribution < 1.29 is 18.0 Å². The molecule has 0 bridgehead atoms. The van der Waals surface area contributed by atoms with E-state index in [-0.39, 0.29) is 29.7 Å². The van der Waals surface area contributed by atoms with E-state index in [9.17, 15) is 18.0 Å². The van der Waals surface area contributed by atoms with E-state index in [0.29, 0.717) is 23.2 Å². The van der Waals surface area contributed by atoms with Crippen LogP contribution in [0.3, 0.4) is 0 Å². The fraction of sp³-hybridized carbons (Fsp3) is 0.440. The van der Waals surface area contributed by atoms with Gasteiger partial charge in [-0.15, -0.1) is 0 Å². The fourth-order valence-corrected chi connectivity index (χ4v) is 5.11. The number of halogens is 3. The number of fused-ring (bicyclic) bond motifs is 1. The molecule has 1 aliphatic carbocycles. The molecule has 0 atom stereocenters. The SMILES string of the molecule is Nc1ccc(C2CCC(N3CC(NC(=O)CNc4ncnc5ccc(C(F)(F)F)cc45)C3)CC2)nc1. The Kier molecular flexibility index (Phi) is 6.65. The molecule has 36 heavy (non-hydrogen) atoms. The number of anilines is 2. The van der Waals surface area contributed by atoms with E-state index in [1.54, 1.807) is 6.20 Å². The standard InChI is InChI=1S/C25H28F3N7O/c26-25(27,28)16-3-7-22-20(9-16)24(33-14-32-22)31-11-23(36)34-18-12-35(13-18)19-5-1-15(2-6-19)21-8-4-17(29)10-30-21/h3-4,7-10,14-15,18-19H,1-2,5-6,11-13,29H2,(H,34,36)(H,31,32,33). The van der Waals surface area contributed by atoms with Crippen molar-refractivity contribution in [2.45, 2.75) is 49.9 Å². The van der Waals surface area contributed by atoms with Gasteiger partial charge in [-0.1, -0.05) is 0 Å². The van der Waals surface area contributed by atoms with Crippen LogP contribution in [-0.4, -0.2) is 57.5 Å². The molecule has 11 heteroatoms. The van der Waals surface area contributed by atoms with Crippen molar-refractivity contribution in [1.29, 1.82) is 0 Å². The van der Waals surface area contributed by atoms with Crippen LogP contribution >= 0.6 is 0 Å². The molecule has 1 saturated heterocycles. The summed E-state index contributed by atoms with van der Waals surface area (Å²) in [5.74, 6) is 0.440. The summed E-state index contributed by atoms with van der Waals surface area (Å²) in [5, 5.41) is 6.07. The van der Waals surface area contributed by atoms with Crippen LogP contribution in [-0.2, 0) is 11.0 Å². The Hall–Kier alpha value is -3.47. The summed E-state index contributed by atoms with van der Waals surface area (Å²) in [6.45, 7) is 1.51. The second kappa shape index (κ2) is 9.88. The van der Waals surface area contributed by atoms with E-state index in [0.717, 1.165) is 56.6 Å². The second-order valence-electron chi connectivity index (χ2n) is 9.55. The highest BCUT2D eigenvalue weighted by atomic mass is 19.4. The molecular formula is C25H28F3N7O. The summed E-state index contributed by atoms with van der Waals surface area (Å²) in [4.78, 5) is 27.4. The van der Waals surface area contributed by atoms with Crippen LogP contribution in [0.5, 0.6) is 0 Å². The molecule has 0 spiro atoms. The molecule has 4 N–H and O–H groups in total. The monoisotopic (exact) mass is 499 g/mol. The quantitative estimate of drug-likeness (QED) is 0.476.